The summed E-state index contributed by atoms with van der Waals surface area (Å²) in [5.74, 6) is 1.70. The largest absolute Gasteiger partial charge is 0.496 e. The van der Waals surface area contributed by atoms with E-state index in [0.29, 0.717) is 19.6 Å². The molecular formula is C19H32N4O2. The summed E-state index contributed by atoms with van der Waals surface area (Å²) in [6.07, 6.45) is 0. The number of benzene rings is 1. The van der Waals surface area contributed by atoms with E-state index >= 15 is 0 Å². The van der Waals surface area contributed by atoms with Gasteiger partial charge >= 0.3 is 0 Å². The SMILES string of the molecule is CCNC(=NCCNC(=O)C(C)(C)C)N(C)Cc1ccccc1OC. The van der Waals surface area contributed by atoms with Crippen molar-refractivity contribution in [3.8, 4) is 5.75 Å². The lowest BCUT2D eigenvalue weighted by Gasteiger charge is -2.23. The molecule has 6 heteroatoms. The lowest BCUT2D eigenvalue weighted by molar-refractivity contribution is -0.128. The van der Waals surface area contributed by atoms with E-state index in [1.54, 1.807) is 7.11 Å². The minimum absolute atomic E-state index is 0.0371. The van der Waals surface area contributed by atoms with Gasteiger partial charge in [-0.25, -0.2) is 0 Å². The molecule has 0 bridgehead atoms. The van der Waals surface area contributed by atoms with Gasteiger partial charge in [0.25, 0.3) is 0 Å². The highest BCUT2D eigenvalue weighted by molar-refractivity contribution is 5.81. The van der Waals surface area contributed by atoms with Gasteiger partial charge in [-0.1, -0.05) is 39.0 Å². The number of ether oxygens (including phenoxy) is 1. The first kappa shape index (κ1) is 20.8. The molecule has 0 unspecified atom stereocenters. The lowest BCUT2D eigenvalue weighted by atomic mass is 9.96. The topological polar surface area (TPSA) is 66.0 Å². The van der Waals surface area contributed by atoms with Gasteiger partial charge in [0.15, 0.2) is 5.96 Å². The predicted octanol–water partition coefficient (Wildman–Crippen LogP) is 2.25. The fourth-order valence-corrected chi connectivity index (χ4v) is 2.23. The maximum Gasteiger partial charge on any atom is 0.225 e. The first-order valence-electron chi connectivity index (χ1n) is 8.69. The number of amides is 1. The molecule has 25 heavy (non-hydrogen) atoms. The van der Waals surface area contributed by atoms with E-state index in [2.05, 4.69) is 15.6 Å². The van der Waals surface area contributed by atoms with Gasteiger partial charge in [0.05, 0.1) is 13.7 Å². The second kappa shape index (κ2) is 9.91. The number of methoxy groups -OCH3 is 1. The van der Waals surface area contributed by atoms with Crippen molar-refractivity contribution in [2.75, 3.05) is 33.8 Å². The molecule has 0 saturated carbocycles. The van der Waals surface area contributed by atoms with Gasteiger partial charge in [0, 0.05) is 37.7 Å². The van der Waals surface area contributed by atoms with E-state index in [1.165, 1.54) is 0 Å². The monoisotopic (exact) mass is 348 g/mol. The van der Waals surface area contributed by atoms with Crippen molar-refractivity contribution < 1.29 is 9.53 Å². The van der Waals surface area contributed by atoms with Crippen LogP contribution in [-0.4, -0.2) is 50.6 Å². The summed E-state index contributed by atoms with van der Waals surface area (Å²) in [5, 5.41) is 6.20. The molecule has 0 aliphatic heterocycles. The van der Waals surface area contributed by atoms with E-state index in [-0.39, 0.29) is 11.3 Å². The Morgan fingerprint density at radius 3 is 2.52 bits per heavy atom. The zero-order valence-corrected chi connectivity index (χ0v) is 16.3. The summed E-state index contributed by atoms with van der Waals surface area (Å²) in [4.78, 5) is 18.5. The molecule has 1 amide bonds. The Hall–Kier alpha value is -2.24. The summed E-state index contributed by atoms with van der Waals surface area (Å²) < 4.78 is 5.41. The van der Waals surface area contributed by atoms with Crippen LogP contribution in [0.15, 0.2) is 29.3 Å². The van der Waals surface area contributed by atoms with Crippen LogP contribution in [0.2, 0.25) is 0 Å². The molecule has 1 aromatic rings. The smallest absolute Gasteiger partial charge is 0.225 e. The molecule has 6 nitrogen and oxygen atoms in total. The highest BCUT2D eigenvalue weighted by Gasteiger charge is 2.20. The molecule has 0 spiro atoms. The maximum atomic E-state index is 11.9. The Morgan fingerprint density at radius 1 is 1.24 bits per heavy atom. The number of hydrogen-bond donors (Lipinski definition) is 2. The van der Waals surface area contributed by atoms with Gasteiger partial charge in [-0.2, -0.15) is 0 Å². The van der Waals surface area contributed by atoms with Crippen molar-refractivity contribution in [3.63, 3.8) is 0 Å². The first-order chi connectivity index (χ1) is 11.8. The summed E-state index contributed by atoms with van der Waals surface area (Å²) in [7, 11) is 3.66. The normalized spacial score (nSPS) is 11.8. The number of guanidine groups is 1. The molecule has 0 fully saturated rings. The predicted molar refractivity (Wildman–Crippen MR) is 103 cm³/mol. The number of nitrogens with one attached hydrogen (secondary N) is 2. The summed E-state index contributed by atoms with van der Waals surface area (Å²) in [5.41, 5.74) is 0.716. The van der Waals surface area contributed by atoms with Crippen molar-refractivity contribution in [2.45, 2.75) is 34.2 Å². The Kier molecular flexibility index (Phi) is 8.25. The van der Waals surface area contributed by atoms with E-state index in [1.807, 2.05) is 63.9 Å². The second-order valence-corrected chi connectivity index (χ2v) is 6.91. The second-order valence-electron chi connectivity index (χ2n) is 6.91. The van der Waals surface area contributed by atoms with E-state index < -0.39 is 0 Å². The van der Waals surface area contributed by atoms with Crippen LogP contribution in [0.3, 0.4) is 0 Å². The Labute approximate surface area is 151 Å². The lowest BCUT2D eigenvalue weighted by Crippen LogP contribution is -2.40. The van der Waals surface area contributed by atoms with Crippen LogP contribution in [-0.2, 0) is 11.3 Å². The number of rotatable bonds is 7. The van der Waals surface area contributed by atoms with Gasteiger partial charge < -0.3 is 20.3 Å². The van der Waals surface area contributed by atoms with Crippen LogP contribution in [0.5, 0.6) is 5.75 Å². The number of nitrogens with zero attached hydrogens (tertiary/aromatic N) is 2. The molecule has 0 radical (unpaired) electrons. The summed E-state index contributed by atoms with van der Waals surface area (Å²) in [6, 6.07) is 7.95. The number of para-hydroxylation sites is 1. The Balaban J connectivity index is 2.66. The highest BCUT2D eigenvalue weighted by atomic mass is 16.5. The summed E-state index contributed by atoms with van der Waals surface area (Å²) in [6.45, 7) is 10.2. The van der Waals surface area contributed by atoms with E-state index in [0.717, 1.165) is 23.8 Å². The van der Waals surface area contributed by atoms with Crippen LogP contribution in [0.4, 0.5) is 0 Å². The first-order valence-corrected chi connectivity index (χ1v) is 8.69. The molecule has 0 aliphatic carbocycles. The molecule has 0 atom stereocenters. The zero-order chi connectivity index (χ0) is 18.9. The zero-order valence-electron chi connectivity index (χ0n) is 16.3. The van der Waals surface area contributed by atoms with E-state index in [4.69, 9.17) is 4.74 Å². The van der Waals surface area contributed by atoms with Crippen molar-refractivity contribution >= 4 is 11.9 Å². The maximum absolute atomic E-state index is 11.9. The van der Waals surface area contributed by atoms with Gasteiger partial charge in [0.1, 0.15) is 5.75 Å². The minimum Gasteiger partial charge on any atom is -0.496 e. The number of hydrogen-bond acceptors (Lipinski definition) is 3. The molecule has 1 rings (SSSR count). The fraction of sp³-hybridized carbons (Fsp3) is 0.579. The summed E-state index contributed by atoms with van der Waals surface area (Å²) >= 11 is 0. The van der Waals surface area contributed by atoms with Gasteiger partial charge in [-0.15, -0.1) is 0 Å². The molecule has 0 aliphatic rings. The van der Waals surface area contributed by atoms with Crippen molar-refractivity contribution in [2.24, 2.45) is 10.4 Å². The number of carbonyl (C=O) groups is 1. The van der Waals surface area contributed by atoms with Gasteiger partial charge in [-0.05, 0) is 13.0 Å². The van der Waals surface area contributed by atoms with Crippen LogP contribution < -0.4 is 15.4 Å². The molecular weight excluding hydrogens is 316 g/mol. The van der Waals surface area contributed by atoms with Crippen LogP contribution >= 0.6 is 0 Å². The standard InChI is InChI=1S/C19H32N4O2/c1-7-20-18(22-13-12-21-17(24)19(2,3)4)23(5)14-15-10-8-9-11-16(15)25-6/h8-11H,7,12-14H2,1-6H3,(H,20,22)(H,21,24). The number of carbonyl (C=O) groups excluding carboxylic acids is 1. The fourth-order valence-electron chi connectivity index (χ4n) is 2.23. The third-order valence-corrected chi connectivity index (χ3v) is 3.64. The van der Waals surface area contributed by atoms with Crippen LogP contribution in [0.25, 0.3) is 0 Å². The average molecular weight is 348 g/mol. The van der Waals surface area contributed by atoms with Crippen LogP contribution in [0, 0.1) is 5.41 Å². The Morgan fingerprint density at radius 2 is 1.92 bits per heavy atom. The third-order valence-electron chi connectivity index (χ3n) is 3.64. The van der Waals surface area contributed by atoms with Gasteiger partial charge in [0.2, 0.25) is 5.91 Å². The molecule has 0 heterocycles. The molecule has 0 saturated heterocycles. The molecule has 140 valence electrons. The van der Waals surface area contributed by atoms with E-state index in [9.17, 15) is 4.79 Å². The third kappa shape index (κ3) is 7.03. The molecule has 1 aromatic carbocycles. The molecule has 0 aromatic heterocycles. The van der Waals surface area contributed by atoms with Crippen molar-refractivity contribution in [1.29, 1.82) is 0 Å². The average Bonchev–Trinajstić information content (AvgIpc) is 2.56. The quantitative estimate of drug-likeness (QED) is 0.451. The highest BCUT2D eigenvalue weighted by Crippen LogP contribution is 2.18. The Bertz CT molecular complexity index is 579. The van der Waals surface area contributed by atoms with Crippen LogP contribution in [0.1, 0.15) is 33.3 Å². The minimum atomic E-state index is -0.380. The van der Waals surface area contributed by atoms with Crippen molar-refractivity contribution in [3.05, 3.63) is 29.8 Å². The molecule has 2 N–H and O–H groups in total. The number of aliphatic imine (C=N–C) groups is 1. The van der Waals surface area contributed by atoms with Gasteiger partial charge in [-0.3, -0.25) is 9.79 Å². The van der Waals surface area contributed by atoms with Crippen molar-refractivity contribution in [1.82, 2.24) is 15.5 Å².